The number of hydrogen-bond acceptors (Lipinski definition) is 3. The van der Waals surface area contributed by atoms with Gasteiger partial charge in [0.25, 0.3) is 0 Å². The maximum atomic E-state index is 5.59. The molecule has 2 aromatic rings. The number of thiophene rings is 1. The van der Waals surface area contributed by atoms with Crippen LogP contribution in [0.5, 0.6) is 0 Å². The molecule has 0 radical (unpaired) electrons. The van der Waals surface area contributed by atoms with Gasteiger partial charge in [0.2, 0.25) is 0 Å². The second kappa shape index (κ2) is 4.25. The van der Waals surface area contributed by atoms with E-state index in [1.807, 2.05) is 12.5 Å². The minimum absolute atomic E-state index is 0.534. The van der Waals surface area contributed by atoms with E-state index in [0.29, 0.717) is 6.54 Å². The average Bonchev–Trinajstić information content (AvgIpc) is 2.76. The van der Waals surface area contributed by atoms with Crippen LogP contribution in [0.25, 0.3) is 0 Å². The molecule has 0 aliphatic carbocycles. The molecule has 2 N–H and O–H groups in total. The number of rotatable bonds is 3. The third kappa shape index (κ3) is 2.05. The van der Waals surface area contributed by atoms with Crippen molar-refractivity contribution in [1.82, 2.24) is 9.55 Å². The Balaban J connectivity index is 2.18. The monoisotopic (exact) mass is 271 g/mol. The normalized spacial score (nSPS) is 10.7. The summed E-state index contributed by atoms with van der Waals surface area (Å²) in [7, 11) is 0. The topological polar surface area (TPSA) is 43.8 Å². The standard InChI is InChI=1S/C9H10BrN3S/c10-7-1-9(14-5-7)4-13-6-12-3-8(13)2-11/h1,3,5-6H,2,4,11H2. The largest absolute Gasteiger partial charge is 0.328 e. The van der Waals surface area contributed by atoms with Crippen LogP contribution >= 0.6 is 27.3 Å². The Bertz CT molecular complexity index is 421. The molecule has 0 aliphatic heterocycles. The van der Waals surface area contributed by atoms with E-state index in [1.165, 1.54) is 4.88 Å². The lowest BCUT2D eigenvalue weighted by Crippen LogP contribution is -2.06. The molecule has 74 valence electrons. The molecule has 0 fully saturated rings. The van der Waals surface area contributed by atoms with Gasteiger partial charge in [-0.2, -0.15) is 0 Å². The third-order valence-electron chi connectivity index (χ3n) is 1.96. The highest BCUT2D eigenvalue weighted by Crippen LogP contribution is 2.20. The predicted molar refractivity (Wildman–Crippen MR) is 61.2 cm³/mol. The van der Waals surface area contributed by atoms with Gasteiger partial charge < -0.3 is 10.3 Å². The van der Waals surface area contributed by atoms with Crippen molar-refractivity contribution >= 4 is 27.3 Å². The van der Waals surface area contributed by atoms with Crippen LogP contribution in [0.15, 0.2) is 28.4 Å². The maximum absolute atomic E-state index is 5.59. The molecule has 0 aromatic carbocycles. The highest BCUT2D eigenvalue weighted by atomic mass is 79.9. The van der Waals surface area contributed by atoms with Crippen LogP contribution in [0, 0.1) is 0 Å². The van der Waals surface area contributed by atoms with Gasteiger partial charge in [0, 0.05) is 27.5 Å². The van der Waals surface area contributed by atoms with Crippen LogP contribution in [-0.2, 0) is 13.1 Å². The summed E-state index contributed by atoms with van der Waals surface area (Å²) >= 11 is 5.16. The minimum Gasteiger partial charge on any atom is -0.328 e. The number of imidazole rings is 1. The zero-order chi connectivity index (χ0) is 9.97. The van der Waals surface area contributed by atoms with Crippen LogP contribution in [0.2, 0.25) is 0 Å². The second-order valence-corrected chi connectivity index (χ2v) is 4.86. The lowest BCUT2D eigenvalue weighted by molar-refractivity contribution is 0.748. The van der Waals surface area contributed by atoms with Gasteiger partial charge in [0.15, 0.2) is 0 Å². The number of nitrogens with zero attached hydrogens (tertiary/aromatic N) is 2. The fourth-order valence-corrected chi connectivity index (χ4v) is 2.71. The molecular weight excluding hydrogens is 262 g/mol. The first-order chi connectivity index (χ1) is 6.79. The fraction of sp³-hybridized carbons (Fsp3) is 0.222. The lowest BCUT2D eigenvalue weighted by Gasteiger charge is -2.03. The van der Waals surface area contributed by atoms with Crippen LogP contribution in [0.4, 0.5) is 0 Å². The summed E-state index contributed by atoms with van der Waals surface area (Å²) < 4.78 is 3.20. The van der Waals surface area contributed by atoms with Gasteiger partial charge in [-0.05, 0) is 22.0 Å². The Labute approximate surface area is 94.7 Å². The van der Waals surface area contributed by atoms with E-state index in [-0.39, 0.29) is 0 Å². The first-order valence-electron chi connectivity index (χ1n) is 4.21. The highest BCUT2D eigenvalue weighted by molar-refractivity contribution is 9.10. The summed E-state index contributed by atoms with van der Waals surface area (Å²) in [6, 6.07) is 2.12. The van der Waals surface area contributed by atoms with Gasteiger partial charge >= 0.3 is 0 Å². The van der Waals surface area contributed by atoms with E-state index >= 15 is 0 Å². The van der Waals surface area contributed by atoms with Crippen molar-refractivity contribution in [3.8, 4) is 0 Å². The first kappa shape index (κ1) is 9.89. The van der Waals surface area contributed by atoms with Crippen LogP contribution in [-0.4, -0.2) is 9.55 Å². The van der Waals surface area contributed by atoms with Crippen molar-refractivity contribution < 1.29 is 0 Å². The van der Waals surface area contributed by atoms with Crippen molar-refractivity contribution in [3.05, 3.63) is 39.0 Å². The number of halogens is 1. The molecule has 14 heavy (non-hydrogen) atoms. The molecule has 0 unspecified atom stereocenters. The Kier molecular flexibility index (Phi) is 3.00. The molecule has 0 atom stereocenters. The minimum atomic E-state index is 0.534. The van der Waals surface area contributed by atoms with Gasteiger partial charge in [-0.25, -0.2) is 4.98 Å². The van der Waals surface area contributed by atoms with Gasteiger partial charge in [0.1, 0.15) is 0 Å². The first-order valence-corrected chi connectivity index (χ1v) is 5.89. The molecular formula is C9H10BrN3S. The van der Waals surface area contributed by atoms with Gasteiger partial charge in [0.05, 0.1) is 18.6 Å². The zero-order valence-corrected chi connectivity index (χ0v) is 9.88. The Morgan fingerprint density at radius 1 is 1.57 bits per heavy atom. The quantitative estimate of drug-likeness (QED) is 0.931. The number of hydrogen-bond donors (Lipinski definition) is 1. The van der Waals surface area contributed by atoms with Gasteiger partial charge in [-0.1, -0.05) is 0 Å². The van der Waals surface area contributed by atoms with Crippen molar-refractivity contribution in [2.45, 2.75) is 13.1 Å². The molecule has 0 amide bonds. The zero-order valence-electron chi connectivity index (χ0n) is 7.48. The maximum Gasteiger partial charge on any atom is 0.0952 e. The molecule has 0 bridgehead atoms. The smallest absolute Gasteiger partial charge is 0.0952 e. The molecule has 3 nitrogen and oxygen atoms in total. The Hall–Kier alpha value is -0.650. The number of aromatic nitrogens is 2. The van der Waals surface area contributed by atoms with Crippen LogP contribution in [0.3, 0.4) is 0 Å². The van der Waals surface area contributed by atoms with Gasteiger partial charge in [-0.15, -0.1) is 11.3 Å². The average molecular weight is 272 g/mol. The molecule has 0 saturated carbocycles. The summed E-state index contributed by atoms with van der Waals surface area (Å²) in [6.07, 6.45) is 3.62. The van der Waals surface area contributed by atoms with E-state index in [0.717, 1.165) is 16.7 Å². The predicted octanol–water partition coefficient (Wildman–Crippen LogP) is 2.21. The van der Waals surface area contributed by atoms with E-state index in [1.54, 1.807) is 11.3 Å². The summed E-state index contributed by atoms with van der Waals surface area (Å²) in [5, 5.41) is 2.08. The number of nitrogens with two attached hydrogens (primary N) is 1. The SMILES string of the molecule is NCc1cncn1Cc1cc(Br)cs1. The molecule has 0 spiro atoms. The Morgan fingerprint density at radius 3 is 3.07 bits per heavy atom. The third-order valence-corrected chi connectivity index (χ3v) is 3.64. The highest BCUT2D eigenvalue weighted by Gasteiger charge is 2.02. The van der Waals surface area contributed by atoms with E-state index in [2.05, 4.69) is 36.9 Å². The summed E-state index contributed by atoms with van der Waals surface area (Å²) in [5.41, 5.74) is 6.65. The van der Waals surface area contributed by atoms with E-state index in [9.17, 15) is 0 Å². The second-order valence-electron chi connectivity index (χ2n) is 2.95. The van der Waals surface area contributed by atoms with Crippen LogP contribution in [0.1, 0.15) is 10.6 Å². The van der Waals surface area contributed by atoms with Crippen molar-refractivity contribution in [3.63, 3.8) is 0 Å². The fourth-order valence-electron chi connectivity index (χ4n) is 1.27. The molecule has 2 aromatic heterocycles. The van der Waals surface area contributed by atoms with Gasteiger partial charge in [-0.3, -0.25) is 0 Å². The summed E-state index contributed by atoms with van der Waals surface area (Å²) in [4.78, 5) is 5.37. The molecule has 2 heterocycles. The summed E-state index contributed by atoms with van der Waals surface area (Å²) in [5.74, 6) is 0. The lowest BCUT2D eigenvalue weighted by atomic mass is 10.4. The van der Waals surface area contributed by atoms with Crippen LogP contribution < -0.4 is 5.73 Å². The Morgan fingerprint density at radius 2 is 2.43 bits per heavy atom. The van der Waals surface area contributed by atoms with Crippen molar-refractivity contribution in [1.29, 1.82) is 0 Å². The molecule has 5 heteroatoms. The van der Waals surface area contributed by atoms with E-state index in [4.69, 9.17) is 5.73 Å². The van der Waals surface area contributed by atoms with Crippen molar-refractivity contribution in [2.24, 2.45) is 5.73 Å². The molecule has 0 aliphatic rings. The summed E-state index contributed by atoms with van der Waals surface area (Å²) in [6.45, 7) is 1.38. The molecule has 2 rings (SSSR count). The molecule has 0 saturated heterocycles. The van der Waals surface area contributed by atoms with Crippen molar-refractivity contribution in [2.75, 3.05) is 0 Å². The van der Waals surface area contributed by atoms with E-state index < -0.39 is 0 Å².